The maximum atomic E-state index is 12.1. The smallest absolute Gasteiger partial charge is 0.233 e. The van der Waals surface area contributed by atoms with Gasteiger partial charge in [-0.3, -0.25) is 4.79 Å². The van der Waals surface area contributed by atoms with Gasteiger partial charge in [-0.25, -0.2) is 0 Å². The standard InChI is InChI=1S/C17H24N4O2S/c1-6-21-15(13-7-9-14(23-5)10-8-13)19-20-17(21)24-12(4)16(22)18-11(2)3/h7-12H,6H2,1-5H3,(H,18,22)/t12-/m0/s1. The normalized spacial score (nSPS) is 12.2. The van der Waals surface area contributed by atoms with Crippen LogP contribution in [-0.2, 0) is 11.3 Å². The Morgan fingerprint density at radius 1 is 1.25 bits per heavy atom. The van der Waals surface area contributed by atoms with Gasteiger partial charge in [0.2, 0.25) is 5.91 Å². The SMILES string of the molecule is CCn1c(S[C@@H](C)C(=O)NC(C)C)nnc1-c1ccc(OC)cc1. The first-order valence-corrected chi connectivity index (χ1v) is 8.88. The summed E-state index contributed by atoms with van der Waals surface area (Å²) in [4.78, 5) is 12.1. The molecule has 1 amide bonds. The zero-order chi connectivity index (χ0) is 17.7. The third kappa shape index (κ3) is 4.29. The molecule has 0 aliphatic heterocycles. The first kappa shape index (κ1) is 18.3. The predicted octanol–water partition coefficient (Wildman–Crippen LogP) is 2.98. The summed E-state index contributed by atoms with van der Waals surface area (Å²) in [5.74, 6) is 1.60. The first-order valence-electron chi connectivity index (χ1n) is 8.00. The van der Waals surface area contributed by atoms with Gasteiger partial charge in [0.05, 0.1) is 12.4 Å². The number of nitrogens with zero attached hydrogens (tertiary/aromatic N) is 3. The van der Waals surface area contributed by atoms with Gasteiger partial charge in [0, 0.05) is 18.2 Å². The van der Waals surface area contributed by atoms with Crippen molar-refractivity contribution in [3.8, 4) is 17.1 Å². The summed E-state index contributed by atoms with van der Waals surface area (Å²) in [7, 11) is 1.64. The van der Waals surface area contributed by atoms with Gasteiger partial charge in [0.1, 0.15) is 5.75 Å². The minimum atomic E-state index is -0.231. The van der Waals surface area contributed by atoms with Crippen molar-refractivity contribution >= 4 is 17.7 Å². The molecule has 0 spiro atoms. The van der Waals surface area contributed by atoms with E-state index in [0.29, 0.717) is 0 Å². The topological polar surface area (TPSA) is 69.0 Å². The number of nitrogens with one attached hydrogen (secondary N) is 1. The molecule has 0 bridgehead atoms. The van der Waals surface area contributed by atoms with Gasteiger partial charge in [-0.05, 0) is 52.0 Å². The zero-order valence-electron chi connectivity index (χ0n) is 14.7. The molecule has 0 unspecified atom stereocenters. The van der Waals surface area contributed by atoms with Crippen molar-refractivity contribution in [1.82, 2.24) is 20.1 Å². The molecule has 0 fully saturated rings. The van der Waals surface area contributed by atoms with E-state index in [9.17, 15) is 4.79 Å². The van der Waals surface area contributed by atoms with Gasteiger partial charge in [-0.15, -0.1) is 10.2 Å². The van der Waals surface area contributed by atoms with E-state index in [4.69, 9.17) is 4.74 Å². The predicted molar refractivity (Wildman–Crippen MR) is 96.3 cm³/mol. The van der Waals surface area contributed by atoms with Crippen LogP contribution in [0.25, 0.3) is 11.4 Å². The fourth-order valence-corrected chi connectivity index (χ4v) is 3.15. The van der Waals surface area contributed by atoms with Crippen LogP contribution in [0.2, 0.25) is 0 Å². The van der Waals surface area contributed by atoms with Crippen molar-refractivity contribution in [2.24, 2.45) is 0 Å². The van der Waals surface area contributed by atoms with E-state index >= 15 is 0 Å². The van der Waals surface area contributed by atoms with Gasteiger partial charge in [-0.2, -0.15) is 0 Å². The molecule has 0 aliphatic carbocycles. The molecule has 1 heterocycles. The van der Waals surface area contributed by atoms with E-state index in [1.807, 2.05) is 56.5 Å². The quantitative estimate of drug-likeness (QED) is 0.779. The number of rotatable bonds is 7. The Morgan fingerprint density at radius 2 is 1.92 bits per heavy atom. The molecule has 0 aliphatic rings. The van der Waals surface area contributed by atoms with Crippen LogP contribution in [-0.4, -0.2) is 39.1 Å². The average molecular weight is 348 g/mol. The van der Waals surface area contributed by atoms with Crippen molar-refractivity contribution in [2.75, 3.05) is 7.11 Å². The van der Waals surface area contributed by atoms with E-state index in [2.05, 4.69) is 15.5 Å². The summed E-state index contributed by atoms with van der Waals surface area (Å²) in [6.45, 7) is 8.55. The number of thioether (sulfide) groups is 1. The average Bonchev–Trinajstić information content (AvgIpc) is 2.96. The van der Waals surface area contributed by atoms with Crippen LogP contribution in [0.4, 0.5) is 0 Å². The van der Waals surface area contributed by atoms with Crippen LogP contribution in [0.15, 0.2) is 29.4 Å². The molecule has 0 radical (unpaired) electrons. The summed E-state index contributed by atoms with van der Waals surface area (Å²) in [5, 5.41) is 12.0. The second-order valence-electron chi connectivity index (χ2n) is 5.70. The lowest BCUT2D eigenvalue weighted by Gasteiger charge is -2.14. The molecule has 6 nitrogen and oxygen atoms in total. The zero-order valence-corrected chi connectivity index (χ0v) is 15.6. The van der Waals surface area contributed by atoms with Gasteiger partial charge in [0.15, 0.2) is 11.0 Å². The van der Waals surface area contributed by atoms with Crippen LogP contribution >= 0.6 is 11.8 Å². The molecular weight excluding hydrogens is 324 g/mol. The highest BCUT2D eigenvalue weighted by Gasteiger charge is 2.20. The van der Waals surface area contributed by atoms with Gasteiger partial charge in [0.25, 0.3) is 0 Å². The van der Waals surface area contributed by atoms with E-state index in [1.54, 1.807) is 7.11 Å². The fourth-order valence-electron chi connectivity index (χ4n) is 2.23. The molecule has 0 saturated heterocycles. The third-order valence-electron chi connectivity index (χ3n) is 3.46. The third-order valence-corrected chi connectivity index (χ3v) is 4.54. The fraction of sp³-hybridized carbons (Fsp3) is 0.471. The summed E-state index contributed by atoms with van der Waals surface area (Å²) < 4.78 is 7.21. The Morgan fingerprint density at radius 3 is 2.46 bits per heavy atom. The molecule has 1 N–H and O–H groups in total. The first-order chi connectivity index (χ1) is 11.5. The Balaban J connectivity index is 2.20. The van der Waals surface area contributed by atoms with Crippen molar-refractivity contribution in [2.45, 2.75) is 50.7 Å². The molecule has 1 aromatic heterocycles. The molecule has 2 aromatic rings. The Labute approximate surface area is 147 Å². The minimum Gasteiger partial charge on any atom is -0.497 e. The van der Waals surface area contributed by atoms with Crippen LogP contribution in [0.3, 0.4) is 0 Å². The molecular formula is C17H24N4O2S. The number of hydrogen-bond acceptors (Lipinski definition) is 5. The lowest BCUT2D eigenvalue weighted by molar-refractivity contribution is -0.120. The van der Waals surface area contributed by atoms with E-state index < -0.39 is 0 Å². The van der Waals surface area contributed by atoms with Crippen molar-refractivity contribution in [1.29, 1.82) is 0 Å². The number of aromatic nitrogens is 3. The van der Waals surface area contributed by atoms with E-state index in [1.165, 1.54) is 11.8 Å². The number of carbonyl (C=O) groups excluding carboxylic acids is 1. The molecule has 7 heteroatoms. The molecule has 24 heavy (non-hydrogen) atoms. The van der Waals surface area contributed by atoms with Crippen LogP contribution in [0.5, 0.6) is 5.75 Å². The summed E-state index contributed by atoms with van der Waals surface area (Å²) in [5.41, 5.74) is 0.969. The highest BCUT2D eigenvalue weighted by molar-refractivity contribution is 8.00. The number of hydrogen-bond donors (Lipinski definition) is 1. The van der Waals surface area contributed by atoms with Gasteiger partial charge >= 0.3 is 0 Å². The van der Waals surface area contributed by atoms with E-state index in [-0.39, 0.29) is 17.2 Å². The monoisotopic (exact) mass is 348 g/mol. The molecule has 1 atom stereocenters. The summed E-state index contributed by atoms with van der Waals surface area (Å²) in [6, 6.07) is 7.83. The molecule has 0 saturated carbocycles. The largest absolute Gasteiger partial charge is 0.497 e. The Hall–Kier alpha value is -2.02. The highest BCUT2D eigenvalue weighted by atomic mass is 32.2. The summed E-state index contributed by atoms with van der Waals surface area (Å²) >= 11 is 1.42. The van der Waals surface area contributed by atoms with Gasteiger partial charge < -0.3 is 14.6 Å². The van der Waals surface area contributed by atoms with Crippen LogP contribution < -0.4 is 10.1 Å². The van der Waals surface area contributed by atoms with Gasteiger partial charge in [-0.1, -0.05) is 11.8 Å². The maximum absolute atomic E-state index is 12.1. The molecule has 1 aromatic carbocycles. The van der Waals surface area contributed by atoms with E-state index in [0.717, 1.165) is 28.8 Å². The lowest BCUT2D eigenvalue weighted by Crippen LogP contribution is -2.36. The second kappa shape index (κ2) is 8.19. The number of methoxy groups -OCH3 is 1. The van der Waals surface area contributed by atoms with Crippen molar-refractivity contribution < 1.29 is 9.53 Å². The number of amides is 1. The number of benzene rings is 1. The minimum absolute atomic E-state index is 0.00616. The highest BCUT2D eigenvalue weighted by Crippen LogP contribution is 2.27. The summed E-state index contributed by atoms with van der Waals surface area (Å²) in [6.07, 6.45) is 0. The Kier molecular flexibility index (Phi) is 6.25. The van der Waals surface area contributed by atoms with Crippen LogP contribution in [0, 0.1) is 0 Å². The van der Waals surface area contributed by atoms with Crippen molar-refractivity contribution in [3.05, 3.63) is 24.3 Å². The van der Waals surface area contributed by atoms with Crippen LogP contribution in [0.1, 0.15) is 27.7 Å². The van der Waals surface area contributed by atoms with Crippen molar-refractivity contribution in [3.63, 3.8) is 0 Å². The maximum Gasteiger partial charge on any atom is 0.233 e. The number of ether oxygens (including phenoxy) is 1. The molecule has 130 valence electrons. The Bertz CT molecular complexity index is 682. The molecule has 2 rings (SSSR count). The lowest BCUT2D eigenvalue weighted by atomic mass is 10.2. The number of carbonyl (C=O) groups is 1. The second-order valence-corrected chi connectivity index (χ2v) is 7.01.